The number of carboxylic acids is 2. The van der Waals surface area contributed by atoms with Gasteiger partial charge in [-0.25, -0.2) is 0 Å². The molecule has 1 atom stereocenters. The molecule has 0 aliphatic carbocycles. The molecule has 12 heavy (non-hydrogen) atoms. The zero-order valence-corrected chi connectivity index (χ0v) is 9.34. The quantitative estimate of drug-likeness (QED) is 0.499. The van der Waals surface area contributed by atoms with Gasteiger partial charge in [-0.15, -0.1) is 12.4 Å². The molecule has 0 aromatic carbocycles. The number of aliphatic carboxylic acids is 2. The van der Waals surface area contributed by atoms with Crippen molar-refractivity contribution in [3.63, 3.8) is 0 Å². The molecule has 7 heteroatoms. The topological polar surface area (TPSA) is 106 Å². The number of hydrogen-bond donors (Lipinski definition) is 1. The van der Waals surface area contributed by atoms with Crippen molar-refractivity contribution in [1.29, 1.82) is 0 Å². The van der Waals surface area contributed by atoms with Crippen LogP contribution < -0.4 is 15.9 Å². The van der Waals surface area contributed by atoms with Crippen molar-refractivity contribution in [3.05, 3.63) is 0 Å². The van der Waals surface area contributed by atoms with Crippen LogP contribution in [-0.2, 0) is 9.59 Å². The Hall–Kier alpha value is 0.450. The van der Waals surface area contributed by atoms with E-state index in [1.54, 1.807) is 0 Å². The molecule has 0 spiro atoms. The van der Waals surface area contributed by atoms with Gasteiger partial charge < -0.3 is 25.5 Å². The number of carboxylic acid groups (broad SMARTS) is 2. The maximum absolute atomic E-state index is 9.86. The molecule has 0 saturated carbocycles. The van der Waals surface area contributed by atoms with Crippen molar-refractivity contribution in [2.75, 3.05) is 0 Å². The third-order valence-corrected chi connectivity index (χ3v) is 0.962. The van der Waals surface area contributed by atoms with Crippen LogP contribution in [0.25, 0.3) is 0 Å². The van der Waals surface area contributed by atoms with E-state index in [1.807, 2.05) is 0 Å². The molecule has 0 unspecified atom stereocenters. The van der Waals surface area contributed by atoms with Gasteiger partial charge in [-0.3, -0.25) is 0 Å². The second-order valence-corrected chi connectivity index (χ2v) is 1.84. The van der Waals surface area contributed by atoms with Gasteiger partial charge in [0.05, 0.1) is 5.97 Å². The molecule has 0 saturated heterocycles. The maximum atomic E-state index is 9.86. The van der Waals surface area contributed by atoms with Crippen LogP contribution in [0.2, 0.25) is 0 Å². The fourth-order valence-corrected chi connectivity index (χ4v) is 0.391. The number of nitrogens with two attached hydrogens (primary N) is 1. The van der Waals surface area contributed by atoms with Crippen LogP contribution in [0.3, 0.4) is 0 Å². The van der Waals surface area contributed by atoms with Crippen molar-refractivity contribution in [2.24, 2.45) is 5.73 Å². The van der Waals surface area contributed by atoms with Crippen LogP contribution in [0.4, 0.5) is 0 Å². The molecule has 0 aromatic rings. The Morgan fingerprint density at radius 2 is 1.75 bits per heavy atom. The summed E-state index contributed by atoms with van der Waals surface area (Å²) in [6.07, 6.45) is -0.500. The van der Waals surface area contributed by atoms with Crippen LogP contribution >= 0.6 is 12.4 Å². The molecular weight excluding hydrogens is 214 g/mol. The zero-order valence-electron chi connectivity index (χ0n) is 6.32. The first-order valence-electron chi connectivity index (χ1n) is 2.70. The normalized spacial score (nSPS) is 10.4. The van der Waals surface area contributed by atoms with E-state index in [-0.39, 0.29) is 63.0 Å². The predicted octanol–water partition coefficient (Wildman–Crippen LogP) is -3.37. The average Bonchev–Trinajstić information content (AvgIpc) is 1.82. The third kappa shape index (κ3) is 10.4. The molecule has 66 valence electrons. The van der Waals surface area contributed by atoms with E-state index in [9.17, 15) is 19.8 Å². The Morgan fingerprint density at radius 1 is 1.33 bits per heavy atom. The summed E-state index contributed by atoms with van der Waals surface area (Å²) < 4.78 is 0. The van der Waals surface area contributed by atoms with Gasteiger partial charge in [0, 0.05) is 12.0 Å². The molecule has 0 radical (unpaired) electrons. The van der Waals surface area contributed by atoms with Crippen LogP contribution in [0.15, 0.2) is 0 Å². The van der Waals surface area contributed by atoms with E-state index in [0.29, 0.717) is 0 Å². The Bertz CT molecular complexity index is 154. The Kier molecular flexibility index (Phi) is 14.5. The summed E-state index contributed by atoms with van der Waals surface area (Å²) in [5, 5.41) is 19.6. The molecule has 2 N–H and O–H groups in total. The minimum atomic E-state index is -1.44. The molecule has 0 aromatic heterocycles. The van der Waals surface area contributed by atoms with Gasteiger partial charge in [-0.1, -0.05) is 0 Å². The summed E-state index contributed by atoms with van der Waals surface area (Å²) in [5.74, 6) is -2.75. The molecular formula is C5H8CaClNO4. The smallest absolute Gasteiger partial charge is 0.550 e. The minimum Gasteiger partial charge on any atom is -0.550 e. The Balaban J connectivity index is -0.000000405. The van der Waals surface area contributed by atoms with Gasteiger partial charge in [-0.2, -0.15) is 0 Å². The predicted molar refractivity (Wildman–Crippen MR) is 40.2 cm³/mol. The van der Waals surface area contributed by atoms with Crippen molar-refractivity contribution in [2.45, 2.75) is 18.9 Å². The number of rotatable bonds is 4. The van der Waals surface area contributed by atoms with E-state index in [1.165, 1.54) is 0 Å². The third-order valence-electron chi connectivity index (χ3n) is 0.962. The second-order valence-electron chi connectivity index (χ2n) is 1.84. The first-order valence-corrected chi connectivity index (χ1v) is 2.70. The van der Waals surface area contributed by atoms with Crippen molar-refractivity contribution in [3.8, 4) is 0 Å². The van der Waals surface area contributed by atoms with Gasteiger partial charge in [0.2, 0.25) is 0 Å². The number of carbonyl (C=O) groups excluding carboxylic acids is 2. The van der Waals surface area contributed by atoms with Crippen molar-refractivity contribution < 1.29 is 19.8 Å². The molecule has 0 aliphatic rings. The molecule has 0 aliphatic heterocycles. The van der Waals surface area contributed by atoms with E-state index < -0.39 is 18.0 Å². The molecule has 0 amide bonds. The number of hydrogen-bond acceptors (Lipinski definition) is 5. The molecule has 5 nitrogen and oxygen atoms in total. The fraction of sp³-hybridized carbons (Fsp3) is 0.600. The molecule has 0 heterocycles. The summed E-state index contributed by atoms with van der Waals surface area (Å²) >= 11 is 0. The average molecular weight is 222 g/mol. The van der Waals surface area contributed by atoms with E-state index in [4.69, 9.17) is 5.73 Å². The number of halogens is 1. The van der Waals surface area contributed by atoms with Crippen LogP contribution in [0.5, 0.6) is 0 Å². The summed E-state index contributed by atoms with van der Waals surface area (Å²) in [6.45, 7) is 0. The first-order chi connectivity index (χ1) is 4.54. The van der Waals surface area contributed by atoms with E-state index in [2.05, 4.69) is 0 Å². The zero-order chi connectivity index (χ0) is 8.15. The van der Waals surface area contributed by atoms with Crippen LogP contribution in [-0.4, -0.2) is 55.7 Å². The summed E-state index contributed by atoms with van der Waals surface area (Å²) in [5.41, 5.74) is 4.91. The van der Waals surface area contributed by atoms with Gasteiger partial charge in [-0.05, 0) is 12.8 Å². The maximum Gasteiger partial charge on any atom is 2.00 e. The van der Waals surface area contributed by atoms with Gasteiger partial charge in [0.1, 0.15) is 0 Å². The second kappa shape index (κ2) is 9.54. The van der Waals surface area contributed by atoms with Gasteiger partial charge in [0.15, 0.2) is 0 Å². The summed E-state index contributed by atoms with van der Waals surface area (Å²) in [4.78, 5) is 19.6. The monoisotopic (exact) mass is 221 g/mol. The van der Waals surface area contributed by atoms with Crippen LogP contribution in [0, 0.1) is 0 Å². The first kappa shape index (κ1) is 18.3. The van der Waals surface area contributed by atoms with Crippen LogP contribution in [0.1, 0.15) is 12.8 Å². The summed E-state index contributed by atoms with van der Waals surface area (Å²) in [7, 11) is 0. The molecule has 0 fully saturated rings. The standard InChI is InChI=1S/C5H9NO4.Ca.ClH/c6-3(5(9)10)1-2-4(7)8;;/h3H,1-2,6H2,(H,7,8)(H,9,10);;1H/q;+2;/p-2/t3-;;/m0../s1. The Morgan fingerprint density at radius 3 is 2.00 bits per heavy atom. The molecule has 0 bridgehead atoms. The van der Waals surface area contributed by atoms with Crippen molar-refractivity contribution >= 4 is 62.1 Å². The molecule has 0 rings (SSSR count). The van der Waals surface area contributed by atoms with E-state index >= 15 is 0 Å². The summed E-state index contributed by atoms with van der Waals surface area (Å²) in [6, 6.07) is -1.21. The van der Waals surface area contributed by atoms with Crippen molar-refractivity contribution in [1.82, 2.24) is 0 Å². The van der Waals surface area contributed by atoms with E-state index in [0.717, 1.165) is 0 Å². The fourth-order valence-electron chi connectivity index (χ4n) is 0.391. The largest absolute Gasteiger partial charge is 2.00 e. The minimum absolute atomic E-state index is 0. The van der Waals surface area contributed by atoms with Gasteiger partial charge >= 0.3 is 37.7 Å². The number of carbonyl (C=O) groups is 2. The van der Waals surface area contributed by atoms with Gasteiger partial charge in [0.25, 0.3) is 0 Å². The SMILES string of the molecule is Cl.N[C@@H](CCC(=O)[O-])C(=O)[O-].[Ca+2]. The Labute approximate surface area is 106 Å².